The molecule has 0 spiro atoms. The summed E-state index contributed by atoms with van der Waals surface area (Å²) in [5, 5.41) is 4.42. The smallest absolute Gasteiger partial charge is 0.263 e. The standard InChI is InChI=1S/C23H19N3O3S3/c27-22(21(17-7-3-1-4-8-17)31-19-9-5-2-6-10-19)25-18-11-13-20(14-12-18)32(28,29)26-23-24-15-16-30-23/h1-16,21H,(H,24,26)(H,25,27)/t21-/m1/s1. The molecule has 0 aliphatic heterocycles. The van der Waals surface area contributed by atoms with E-state index in [1.807, 2.05) is 60.7 Å². The number of hydrogen-bond acceptors (Lipinski definition) is 6. The average Bonchev–Trinajstić information content (AvgIpc) is 3.31. The van der Waals surface area contributed by atoms with E-state index in [4.69, 9.17) is 0 Å². The van der Waals surface area contributed by atoms with Crippen molar-refractivity contribution >= 4 is 49.8 Å². The Kier molecular flexibility index (Phi) is 6.89. The highest BCUT2D eigenvalue weighted by molar-refractivity contribution is 8.00. The minimum Gasteiger partial charge on any atom is -0.325 e. The van der Waals surface area contributed by atoms with E-state index in [0.717, 1.165) is 10.5 Å². The molecule has 162 valence electrons. The van der Waals surface area contributed by atoms with E-state index in [1.54, 1.807) is 17.5 Å². The average molecular weight is 482 g/mol. The highest BCUT2D eigenvalue weighted by atomic mass is 32.2. The Bertz CT molecular complexity index is 1260. The van der Waals surface area contributed by atoms with Crippen LogP contribution in [-0.2, 0) is 14.8 Å². The van der Waals surface area contributed by atoms with E-state index < -0.39 is 15.3 Å². The Hall–Kier alpha value is -3.14. The second-order valence-corrected chi connectivity index (χ2v) is 10.4. The molecule has 3 aromatic carbocycles. The minimum absolute atomic E-state index is 0.0870. The molecule has 0 bridgehead atoms. The van der Waals surface area contributed by atoms with Gasteiger partial charge in [-0.15, -0.1) is 23.1 Å². The van der Waals surface area contributed by atoms with Crippen LogP contribution in [0.5, 0.6) is 0 Å². The van der Waals surface area contributed by atoms with Crippen LogP contribution in [0, 0.1) is 0 Å². The van der Waals surface area contributed by atoms with Gasteiger partial charge in [0, 0.05) is 22.2 Å². The molecule has 4 aromatic rings. The fourth-order valence-electron chi connectivity index (χ4n) is 2.91. The Balaban J connectivity index is 1.50. The quantitative estimate of drug-likeness (QED) is 0.328. The summed E-state index contributed by atoms with van der Waals surface area (Å²) in [6.45, 7) is 0. The number of carbonyl (C=O) groups is 1. The van der Waals surface area contributed by atoms with Gasteiger partial charge in [0.1, 0.15) is 5.25 Å². The molecule has 0 saturated heterocycles. The Morgan fingerprint density at radius 2 is 1.56 bits per heavy atom. The van der Waals surface area contributed by atoms with Gasteiger partial charge in [0.2, 0.25) is 5.91 Å². The summed E-state index contributed by atoms with van der Waals surface area (Å²) in [4.78, 5) is 18.1. The van der Waals surface area contributed by atoms with Gasteiger partial charge < -0.3 is 5.32 Å². The largest absolute Gasteiger partial charge is 0.325 e. The molecular formula is C23H19N3O3S3. The summed E-state index contributed by atoms with van der Waals surface area (Å²) in [5.41, 5.74) is 1.39. The minimum atomic E-state index is -3.75. The molecule has 0 saturated carbocycles. The van der Waals surface area contributed by atoms with Crippen molar-refractivity contribution in [1.29, 1.82) is 0 Å². The molecule has 6 nitrogen and oxygen atoms in total. The van der Waals surface area contributed by atoms with Crippen molar-refractivity contribution in [3.8, 4) is 0 Å². The van der Waals surface area contributed by atoms with Gasteiger partial charge in [-0.3, -0.25) is 9.52 Å². The van der Waals surface area contributed by atoms with Gasteiger partial charge in [0.05, 0.1) is 4.90 Å². The molecule has 1 heterocycles. The molecule has 1 aromatic heterocycles. The van der Waals surface area contributed by atoms with Gasteiger partial charge >= 0.3 is 0 Å². The highest BCUT2D eigenvalue weighted by Crippen LogP contribution is 2.36. The zero-order chi connectivity index (χ0) is 22.4. The number of benzene rings is 3. The maximum Gasteiger partial charge on any atom is 0.263 e. The first-order valence-corrected chi connectivity index (χ1v) is 12.9. The molecular weight excluding hydrogens is 462 g/mol. The molecule has 2 N–H and O–H groups in total. The number of anilines is 2. The zero-order valence-corrected chi connectivity index (χ0v) is 19.2. The maximum absolute atomic E-state index is 13.1. The molecule has 0 fully saturated rings. The van der Waals surface area contributed by atoms with Gasteiger partial charge in [-0.05, 0) is 42.0 Å². The zero-order valence-electron chi connectivity index (χ0n) is 16.7. The molecule has 0 aliphatic rings. The number of aromatic nitrogens is 1. The summed E-state index contributed by atoms with van der Waals surface area (Å²) >= 11 is 2.65. The molecule has 4 rings (SSSR count). The monoisotopic (exact) mass is 481 g/mol. The third-order valence-corrected chi connectivity index (χ3v) is 7.86. The normalized spacial score (nSPS) is 12.1. The van der Waals surface area contributed by atoms with Crippen molar-refractivity contribution in [3.05, 3.63) is 102 Å². The summed E-state index contributed by atoms with van der Waals surface area (Å²) in [7, 11) is -3.75. The van der Waals surface area contributed by atoms with E-state index in [1.165, 1.54) is 41.4 Å². The molecule has 32 heavy (non-hydrogen) atoms. The first-order valence-electron chi connectivity index (χ1n) is 9.61. The van der Waals surface area contributed by atoms with Gasteiger partial charge in [0.25, 0.3) is 10.0 Å². The first kappa shape index (κ1) is 22.1. The number of amides is 1. The second-order valence-electron chi connectivity index (χ2n) is 6.68. The molecule has 1 atom stereocenters. The van der Waals surface area contributed by atoms with E-state index in [0.29, 0.717) is 10.8 Å². The molecule has 0 aliphatic carbocycles. The fraction of sp³-hybridized carbons (Fsp3) is 0.0435. The fourth-order valence-corrected chi connectivity index (χ4v) is 5.74. The Morgan fingerprint density at radius 1 is 0.906 bits per heavy atom. The van der Waals surface area contributed by atoms with Gasteiger partial charge in [-0.25, -0.2) is 13.4 Å². The third-order valence-electron chi connectivity index (χ3n) is 4.42. The third kappa shape index (κ3) is 5.56. The van der Waals surface area contributed by atoms with Crippen LogP contribution >= 0.6 is 23.1 Å². The highest BCUT2D eigenvalue weighted by Gasteiger charge is 2.22. The number of sulfonamides is 1. The van der Waals surface area contributed by atoms with Crippen molar-refractivity contribution in [1.82, 2.24) is 4.98 Å². The van der Waals surface area contributed by atoms with E-state index >= 15 is 0 Å². The van der Waals surface area contributed by atoms with Crippen LogP contribution < -0.4 is 10.0 Å². The van der Waals surface area contributed by atoms with Gasteiger partial charge in [0.15, 0.2) is 5.13 Å². The van der Waals surface area contributed by atoms with Crippen LogP contribution in [-0.4, -0.2) is 19.3 Å². The van der Waals surface area contributed by atoms with Crippen molar-refractivity contribution < 1.29 is 13.2 Å². The predicted octanol–water partition coefficient (Wildman–Crippen LogP) is 5.42. The lowest BCUT2D eigenvalue weighted by molar-refractivity contribution is -0.115. The topological polar surface area (TPSA) is 88.2 Å². The number of nitrogens with one attached hydrogen (secondary N) is 2. The van der Waals surface area contributed by atoms with Crippen molar-refractivity contribution in [2.24, 2.45) is 0 Å². The van der Waals surface area contributed by atoms with E-state index in [-0.39, 0.29) is 10.8 Å². The molecule has 0 unspecified atom stereocenters. The number of rotatable bonds is 8. The summed E-state index contributed by atoms with van der Waals surface area (Å²) in [6.07, 6.45) is 1.53. The van der Waals surface area contributed by atoms with Crippen LogP contribution in [0.25, 0.3) is 0 Å². The number of thiazole rings is 1. The van der Waals surface area contributed by atoms with Crippen molar-refractivity contribution in [2.75, 3.05) is 10.0 Å². The van der Waals surface area contributed by atoms with E-state index in [2.05, 4.69) is 15.0 Å². The van der Waals surface area contributed by atoms with Crippen LogP contribution in [0.3, 0.4) is 0 Å². The summed E-state index contributed by atoms with van der Waals surface area (Å²) in [6, 6.07) is 25.3. The Labute approximate surface area is 194 Å². The van der Waals surface area contributed by atoms with Crippen LogP contribution in [0.4, 0.5) is 10.8 Å². The van der Waals surface area contributed by atoms with Crippen LogP contribution in [0.15, 0.2) is 106 Å². The molecule has 9 heteroatoms. The SMILES string of the molecule is O=C(Nc1ccc(S(=O)(=O)Nc2nccs2)cc1)[C@H](Sc1ccccc1)c1ccccc1. The lowest BCUT2D eigenvalue weighted by Gasteiger charge is -2.17. The van der Waals surface area contributed by atoms with Gasteiger partial charge in [-0.2, -0.15) is 0 Å². The number of thioether (sulfide) groups is 1. The van der Waals surface area contributed by atoms with Crippen molar-refractivity contribution in [2.45, 2.75) is 15.0 Å². The predicted molar refractivity (Wildman–Crippen MR) is 129 cm³/mol. The van der Waals surface area contributed by atoms with Crippen LogP contribution in [0.2, 0.25) is 0 Å². The summed E-state index contributed by atoms with van der Waals surface area (Å²) in [5.74, 6) is -0.193. The molecule has 0 radical (unpaired) electrons. The van der Waals surface area contributed by atoms with E-state index in [9.17, 15) is 13.2 Å². The lowest BCUT2D eigenvalue weighted by Crippen LogP contribution is -2.19. The van der Waals surface area contributed by atoms with Gasteiger partial charge in [-0.1, -0.05) is 48.5 Å². The number of hydrogen-bond donors (Lipinski definition) is 2. The Morgan fingerprint density at radius 3 is 2.19 bits per heavy atom. The first-order chi connectivity index (χ1) is 15.5. The van der Waals surface area contributed by atoms with Crippen molar-refractivity contribution in [3.63, 3.8) is 0 Å². The number of carbonyl (C=O) groups excluding carboxylic acids is 1. The maximum atomic E-state index is 13.1. The molecule has 1 amide bonds. The van der Waals surface area contributed by atoms with Crippen LogP contribution in [0.1, 0.15) is 10.8 Å². The number of nitrogens with zero attached hydrogens (tertiary/aromatic N) is 1. The lowest BCUT2D eigenvalue weighted by atomic mass is 10.1. The second kappa shape index (κ2) is 9.99. The summed E-state index contributed by atoms with van der Waals surface area (Å²) < 4.78 is 27.4.